The fourth-order valence-electron chi connectivity index (χ4n) is 1.37. The minimum atomic E-state index is -0.343. The molecule has 0 aromatic carbocycles. The van der Waals surface area contributed by atoms with Gasteiger partial charge in [0, 0.05) is 30.6 Å². The zero-order valence-corrected chi connectivity index (χ0v) is 11.2. The molecule has 0 aromatic heterocycles. The summed E-state index contributed by atoms with van der Waals surface area (Å²) in [5.41, 5.74) is 5.87. The molecule has 2 amide bonds. The maximum absolute atomic E-state index is 11.5. The molecule has 0 aliphatic rings. The van der Waals surface area contributed by atoms with Crippen molar-refractivity contribution in [2.45, 2.75) is 20.3 Å². The van der Waals surface area contributed by atoms with Gasteiger partial charge in [-0.05, 0) is 19.4 Å². The molecule has 0 saturated carbocycles. The highest BCUT2D eigenvalue weighted by Gasteiger charge is 2.27. The van der Waals surface area contributed by atoms with E-state index in [9.17, 15) is 9.59 Å². The molecule has 0 saturated heterocycles. The van der Waals surface area contributed by atoms with Crippen LogP contribution < -0.4 is 16.4 Å². The van der Waals surface area contributed by atoms with E-state index in [1.807, 2.05) is 6.92 Å². The van der Waals surface area contributed by atoms with E-state index < -0.39 is 0 Å². The molecule has 0 heterocycles. The van der Waals surface area contributed by atoms with Crippen molar-refractivity contribution < 1.29 is 9.59 Å². The molecule has 5 nitrogen and oxygen atoms in total. The van der Waals surface area contributed by atoms with Crippen LogP contribution in [0.1, 0.15) is 20.3 Å². The Morgan fingerprint density at radius 3 is 2.28 bits per heavy atom. The number of carbonyl (C=O) groups is 2. The molecule has 1 atom stereocenters. The Balaban J connectivity index is 4.51. The average Bonchev–Trinajstić information content (AvgIpc) is 2.38. The van der Waals surface area contributed by atoms with E-state index in [1.165, 1.54) is 6.08 Å². The number of rotatable bonds is 8. The topological polar surface area (TPSA) is 84.2 Å². The minimum Gasteiger partial charge on any atom is -0.352 e. The van der Waals surface area contributed by atoms with Gasteiger partial charge in [-0.15, -0.1) is 0 Å². The number of amides is 2. The highest BCUT2D eigenvalue weighted by molar-refractivity contribution is 5.92. The lowest BCUT2D eigenvalue weighted by Gasteiger charge is -2.31. The SMILES string of the molecule is C=CC(=O)NCC(CC)(CN)CNC(=O)C(=C)C. The standard InChI is InChI=1S/C13H23N3O2/c1-5-11(17)15-8-13(6-2,7-14)9-16-12(18)10(3)4/h5H,1,3,6-9,14H2,2,4H3,(H,15,17)(H,16,18). The Bertz CT molecular complexity index is 333. The molecule has 0 spiro atoms. The smallest absolute Gasteiger partial charge is 0.246 e. The summed E-state index contributed by atoms with van der Waals surface area (Å²) in [7, 11) is 0. The lowest BCUT2D eigenvalue weighted by atomic mass is 9.84. The van der Waals surface area contributed by atoms with Crippen LogP contribution in [0.15, 0.2) is 24.8 Å². The number of carbonyl (C=O) groups excluding carboxylic acids is 2. The van der Waals surface area contributed by atoms with Crippen molar-refractivity contribution in [3.63, 3.8) is 0 Å². The van der Waals surface area contributed by atoms with Crippen molar-refractivity contribution in [3.05, 3.63) is 24.8 Å². The first kappa shape index (κ1) is 16.4. The summed E-state index contributed by atoms with van der Waals surface area (Å²) in [4.78, 5) is 22.6. The second-order valence-corrected chi connectivity index (χ2v) is 4.44. The number of nitrogens with one attached hydrogen (secondary N) is 2. The third kappa shape index (κ3) is 5.14. The molecule has 0 aromatic rings. The van der Waals surface area contributed by atoms with Crippen molar-refractivity contribution >= 4 is 11.8 Å². The Hall–Kier alpha value is -1.62. The fourth-order valence-corrected chi connectivity index (χ4v) is 1.37. The molecule has 0 fully saturated rings. The molecule has 4 N–H and O–H groups in total. The quantitative estimate of drug-likeness (QED) is 0.545. The van der Waals surface area contributed by atoms with Gasteiger partial charge in [0.25, 0.3) is 0 Å². The van der Waals surface area contributed by atoms with Gasteiger partial charge in [-0.25, -0.2) is 0 Å². The minimum absolute atomic E-state index is 0.198. The van der Waals surface area contributed by atoms with Crippen LogP contribution in [-0.2, 0) is 9.59 Å². The number of hydrogen-bond donors (Lipinski definition) is 3. The van der Waals surface area contributed by atoms with Crippen LogP contribution in [-0.4, -0.2) is 31.4 Å². The van der Waals surface area contributed by atoms with E-state index in [1.54, 1.807) is 6.92 Å². The molecular formula is C13H23N3O2. The number of nitrogens with two attached hydrogens (primary N) is 1. The van der Waals surface area contributed by atoms with Gasteiger partial charge < -0.3 is 16.4 Å². The van der Waals surface area contributed by atoms with E-state index in [4.69, 9.17) is 5.73 Å². The average molecular weight is 253 g/mol. The van der Waals surface area contributed by atoms with E-state index in [-0.39, 0.29) is 17.2 Å². The van der Waals surface area contributed by atoms with Crippen LogP contribution in [0, 0.1) is 5.41 Å². The maximum atomic E-state index is 11.5. The molecule has 1 unspecified atom stereocenters. The van der Waals surface area contributed by atoms with Crippen LogP contribution in [0.25, 0.3) is 0 Å². The molecule has 0 aliphatic carbocycles. The summed E-state index contributed by atoms with van der Waals surface area (Å²) in [6, 6.07) is 0. The Morgan fingerprint density at radius 2 is 1.89 bits per heavy atom. The van der Waals surface area contributed by atoms with Gasteiger partial charge in [-0.1, -0.05) is 20.1 Å². The van der Waals surface area contributed by atoms with Crippen LogP contribution >= 0.6 is 0 Å². The van der Waals surface area contributed by atoms with Crippen molar-refractivity contribution in [3.8, 4) is 0 Å². The number of hydrogen-bond acceptors (Lipinski definition) is 3. The summed E-state index contributed by atoms with van der Waals surface area (Å²) in [6.45, 7) is 11.8. The molecule has 0 rings (SSSR count). The monoisotopic (exact) mass is 253 g/mol. The molecule has 18 heavy (non-hydrogen) atoms. The van der Waals surface area contributed by atoms with Crippen LogP contribution in [0.5, 0.6) is 0 Å². The Labute approximate surface area is 109 Å². The molecule has 0 bridgehead atoms. The first-order chi connectivity index (χ1) is 8.40. The van der Waals surface area contributed by atoms with Crippen molar-refractivity contribution in [1.29, 1.82) is 0 Å². The van der Waals surface area contributed by atoms with Crippen LogP contribution in [0.2, 0.25) is 0 Å². The second kappa shape index (κ2) is 7.66. The Morgan fingerprint density at radius 1 is 1.33 bits per heavy atom. The fraction of sp³-hybridized carbons (Fsp3) is 0.538. The zero-order chi connectivity index (χ0) is 14.2. The molecule has 5 heteroatoms. The second-order valence-electron chi connectivity index (χ2n) is 4.44. The normalized spacial score (nSPS) is 13.3. The van der Waals surface area contributed by atoms with Crippen molar-refractivity contribution in [2.24, 2.45) is 11.1 Å². The lowest BCUT2D eigenvalue weighted by Crippen LogP contribution is -2.49. The Kier molecular flexibility index (Phi) is 6.97. The first-order valence-corrected chi connectivity index (χ1v) is 5.95. The molecular weight excluding hydrogens is 230 g/mol. The lowest BCUT2D eigenvalue weighted by molar-refractivity contribution is -0.117. The molecule has 102 valence electrons. The predicted octanol–water partition coefficient (Wildman–Crippen LogP) is 0.336. The van der Waals surface area contributed by atoms with Gasteiger partial charge in [0.1, 0.15) is 0 Å². The first-order valence-electron chi connectivity index (χ1n) is 5.95. The van der Waals surface area contributed by atoms with Crippen molar-refractivity contribution in [1.82, 2.24) is 10.6 Å². The highest BCUT2D eigenvalue weighted by atomic mass is 16.2. The third-order valence-corrected chi connectivity index (χ3v) is 3.02. The summed E-state index contributed by atoms with van der Waals surface area (Å²) < 4.78 is 0. The van der Waals surface area contributed by atoms with Gasteiger partial charge in [0.15, 0.2) is 0 Å². The zero-order valence-electron chi connectivity index (χ0n) is 11.2. The van der Waals surface area contributed by atoms with Crippen LogP contribution in [0.3, 0.4) is 0 Å². The summed E-state index contributed by atoms with van der Waals surface area (Å²) in [5, 5.41) is 5.49. The molecule has 0 radical (unpaired) electrons. The van der Waals surface area contributed by atoms with E-state index in [0.717, 1.165) is 6.42 Å². The summed E-state index contributed by atoms with van der Waals surface area (Å²) in [6.07, 6.45) is 1.96. The van der Waals surface area contributed by atoms with Gasteiger partial charge in [-0.3, -0.25) is 9.59 Å². The van der Waals surface area contributed by atoms with Gasteiger partial charge >= 0.3 is 0 Å². The van der Waals surface area contributed by atoms with Gasteiger partial charge in [-0.2, -0.15) is 0 Å². The van der Waals surface area contributed by atoms with E-state index >= 15 is 0 Å². The van der Waals surface area contributed by atoms with Crippen molar-refractivity contribution in [2.75, 3.05) is 19.6 Å². The van der Waals surface area contributed by atoms with E-state index in [2.05, 4.69) is 23.8 Å². The predicted molar refractivity (Wildman–Crippen MR) is 72.8 cm³/mol. The maximum Gasteiger partial charge on any atom is 0.246 e. The summed E-state index contributed by atoms with van der Waals surface area (Å²) >= 11 is 0. The van der Waals surface area contributed by atoms with E-state index in [0.29, 0.717) is 25.2 Å². The molecule has 0 aliphatic heterocycles. The highest BCUT2D eigenvalue weighted by Crippen LogP contribution is 2.18. The summed E-state index contributed by atoms with van der Waals surface area (Å²) in [5.74, 6) is -0.441. The van der Waals surface area contributed by atoms with Gasteiger partial charge in [0.05, 0.1) is 0 Å². The largest absolute Gasteiger partial charge is 0.352 e. The van der Waals surface area contributed by atoms with Gasteiger partial charge in [0.2, 0.25) is 11.8 Å². The van der Waals surface area contributed by atoms with Crippen LogP contribution in [0.4, 0.5) is 0 Å². The third-order valence-electron chi connectivity index (χ3n) is 3.02.